The molecule has 0 radical (unpaired) electrons. The molecule has 1 heterocycles. The second-order valence-electron chi connectivity index (χ2n) is 4.71. The molecule has 2 rings (SSSR count). The molecule has 0 unspecified atom stereocenters. The topological polar surface area (TPSA) is 57.2 Å². The molecule has 1 aromatic carbocycles. The minimum Gasteiger partial charge on any atom is -0.494 e. The van der Waals surface area contributed by atoms with E-state index in [9.17, 15) is 4.79 Å². The van der Waals surface area contributed by atoms with Crippen LogP contribution in [0.3, 0.4) is 0 Å². The molecule has 0 saturated carbocycles. The summed E-state index contributed by atoms with van der Waals surface area (Å²) in [6, 6.07) is 13.1. The number of benzene rings is 1. The van der Waals surface area contributed by atoms with E-state index >= 15 is 0 Å². The molecule has 0 fully saturated rings. The smallest absolute Gasteiger partial charge is 0.250 e. The largest absolute Gasteiger partial charge is 0.494 e. The number of ether oxygens (including phenoxy) is 1. The minimum absolute atomic E-state index is 0.0392. The second-order valence-corrected chi connectivity index (χ2v) is 4.71. The van der Waals surface area contributed by atoms with Crippen LogP contribution in [0.4, 0.5) is 0 Å². The van der Waals surface area contributed by atoms with Gasteiger partial charge in [0.15, 0.2) is 0 Å². The molecule has 20 heavy (non-hydrogen) atoms. The Morgan fingerprint density at radius 1 is 1.15 bits per heavy atom. The zero-order valence-corrected chi connectivity index (χ0v) is 11.7. The summed E-state index contributed by atoms with van der Waals surface area (Å²) in [5, 5.41) is 0. The van der Waals surface area contributed by atoms with E-state index in [4.69, 9.17) is 10.5 Å². The van der Waals surface area contributed by atoms with E-state index in [1.165, 1.54) is 0 Å². The van der Waals surface area contributed by atoms with E-state index < -0.39 is 0 Å². The molecule has 0 aliphatic heterocycles. The van der Waals surface area contributed by atoms with Gasteiger partial charge in [-0.05, 0) is 37.1 Å². The highest BCUT2D eigenvalue weighted by Crippen LogP contribution is 2.12. The standard InChI is InChI=1S/C16H20N2O2/c1-13-4-2-5-16(19)18(13)10-3-11-20-15-8-6-14(12-17)7-9-15/h2,4-9H,3,10-12,17H2,1H3. The van der Waals surface area contributed by atoms with Crippen LogP contribution in [0.25, 0.3) is 0 Å². The van der Waals surface area contributed by atoms with Gasteiger partial charge >= 0.3 is 0 Å². The van der Waals surface area contributed by atoms with Crippen molar-refractivity contribution in [3.63, 3.8) is 0 Å². The highest BCUT2D eigenvalue weighted by Gasteiger charge is 1.99. The van der Waals surface area contributed by atoms with Crippen molar-refractivity contribution in [3.8, 4) is 5.75 Å². The van der Waals surface area contributed by atoms with Crippen molar-refractivity contribution in [1.29, 1.82) is 0 Å². The van der Waals surface area contributed by atoms with E-state index in [1.807, 2.05) is 37.3 Å². The molecule has 0 bridgehead atoms. The predicted molar refractivity (Wildman–Crippen MR) is 79.9 cm³/mol. The van der Waals surface area contributed by atoms with Gasteiger partial charge in [0, 0.05) is 24.8 Å². The Kier molecular flexibility index (Phi) is 4.96. The Bertz CT molecular complexity index is 603. The van der Waals surface area contributed by atoms with Gasteiger partial charge in [-0.1, -0.05) is 18.2 Å². The highest BCUT2D eigenvalue weighted by molar-refractivity contribution is 5.27. The van der Waals surface area contributed by atoms with Gasteiger partial charge < -0.3 is 15.0 Å². The van der Waals surface area contributed by atoms with E-state index in [1.54, 1.807) is 16.7 Å². The van der Waals surface area contributed by atoms with Crippen molar-refractivity contribution in [3.05, 3.63) is 64.1 Å². The third-order valence-corrected chi connectivity index (χ3v) is 3.22. The lowest BCUT2D eigenvalue weighted by Gasteiger charge is -2.10. The molecular formula is C16H20N2O2. The second kappa shape index (κ2) is 6.91. The van der Waals surface area contributed by atoms with Gasteiger partial charge in [0.25, 0.3) is 5.56 Å². The molecular weight excluding hydrogens is 252 g/mol. The number of hydrogen-bond acceptors (Lipinski definition) is 3. The van der Waals surface area contributed by atoms with Gasteiger partial charge in [-0.25, -0.2) is 0 Å². The Labute approximate surface area is 118 Å². The average molecular weight is 272 g/mol. The number of nitrogens with two attached hydrogens (primary N) is 1. The van der Waals surface area contributed by atoms with Gasteiger partial charge in [-0.2, -0.15) is 0 Å². The monoisotopic (exact) mass is 272 g/mol. The van der Waals surface area contributed by atoms with Crippen LogP contribution in [0.5, 0.6) is 5.75 Å². The van der Waals surface area contributed by atoms with Crippen LogP contribution in [-0.4, -0.2) is 11.2 Å². The first-order valence-electron chi connectivity index (χ1n) is 6.79. The normalized spacial score (nSPS) is 10.5. The maximum absolute atomic E-state index is 11.7. The lowest BCUT2D eigenvalue weighted by Crippen LogP contribution is -2.21. The summed E-state index contributed by atoms with van der Waals surface area (Å²) in [5.41, 5.74) is 7.64. The minimum atomic E-state index is 0.0392. The molecule has 0 spiro atoms. The number of nitrogens with zero attached hydrogens (tertiary/aromatic N) is 1. The highest BCUT2D eigenvalue weighted by atomic mass is 16.5. The summed E-state index contributed by atoms with van der Waals surface area (Å²) >= 11 is 0. The van der Waals surface area contributed by atoms with Crippen molar-refractivity contribution < 1.29 is 4.74 Å². The summed E-state index contributed by atoms with van der Waals surface area (Å²) < 4.78 is 7.42. The van der Waals surface area contributed by atoms with Crippen molar-refractivity contribution in [2.45, 2.75) is 26.4 Å². The zero-order valence-electron chi connectivity index (χ0n) is 11.7. The summed E-state index contributed by atoms with van der Waals surface area (Å²) in [6.07, 6.45) is 0.795. The van der Waals surface area contributed by atoms with Crippen LogP contribution in [0.2, 0.25) is 0 Å². The molecule has 2 aromatic rings. The van der Waals surface area contributed by atoms with Gasteiger partial charge in [0.2, 0.25) is 0 Å². The first-order chi connectivity index (χ1) is 9.70. The SMILES string of the molecule is Cc1cccc(=O)n1CCCOc1ccc(CN)cc1. The molecule has 1 aromatic heterocycles. The quantitative estimate of drug-likeness (QED) is 0.819. The maximum Gasteiger partial charge on any atom is 0.250 e. The predicted octanol–water partition coefficient (Wildman–Crippen LogP) is 2.08. The number of aryl methyl sites for hydroxylation is 1. The van der Waals surface area contributed by atoms with Crippen molar-refractivity contribution in [2.24, 2.45) is 5.73 Å². The van der Waals surface area contributed by atoms with Crippen LogP contribution in [0, 0.1) is 6.92 Å². The summed E-state index contributed by atoms with van der Waals surface area (Å²) in [6.45, 7) is 3.74. The fourth-order valence-electron chi connectivity index (χ4n) is 2.04. The van der Waals surface area contributed by atoms with E-state index in [-0.39, 0.29) is 5.56 Å². The van der Waals surface area contributed by atoms with Crippen molar-refractivity contribution in [1.82, 2.24) is 4.57 Å². The lowest BCUT2D eigenvalue weighted by molar-refractivity contribution is 0.300. The van der Waals surface area contributed by atoms with Crippen LogP contribution in [0.1, 0.15) is 17.7 Å². The number of aromatic nitrogens is 1. The number of rotatable bonds is 6. The van der Waals surface area contributed by atoms with Crippen LogP contribution in [-0.2, 0) is 13.1 Å². The first kappa shape index (κ1) is 14.3. The summed E-state index contributed by atoms with van der Waals surface area (Å²) in [7, 11) is 0. The molecule has 106 valence electrons. The van der Waals surface area contributed by atoms with Crippen LogP contribution >= 0.6 is 0 Å². The molecule has 0 saturated heterocycles. The molecule has 0 amide bonds. The molecule has 4 nitrogen and oxygen atoms in total. The van der Waals surface area contributed by atoms with Crippen LogP contribution in [0.15, 0.2) is 47.3 Å². The fourth-order valence-corrected chi connectivity index (χ4v) is 2.04. The van der Waals surface area contributed by atoms with Gasteiger partial charge in [-0.3, -0.25) is 4.79 Å². The zero-order chi connectivity index (χ0) is 14.4. The molecule has 0 atom stereocenters. The van der Waals surface area contributed by atoms with Gasteiger partial charge in [0.05, 0.1) is 6.61 Å². The van der Waals surface area contributed by atoms with E-state index in [0.29, 0.717) is 19.7 Å². The molecule has 4 heteroatoms. The molecule has 0 aliphatic rings. The summed E-state index contributed by atoms with van der Waals surface area (Å²) in [5.74, 6) is 0.833. The number of pyridine rings is 1. The fraction of sp³-hybridized carbons (Fsp3) is 0.312. The summed E-state index contributed by atoms with van der Waals surface area (Å²) in [4.78, 5) is 11.7. The van der Waals surface area contributed by atoms with E-state index in [2.05, 4.69) is 0 Å². The average Bonchev–Trinajstić information content (AvgIpc) is 2.46. The van der Waals surface area contributed by atoms with Gasteiger partial charge in [-0.15, -0.1) is 0 Å². The Morgan fingerprint density at radius 3 is 2.55 bits per heavy atom. The third-order valence-electron chi connectivity index (χ3n) is 3.22. The Hall–Kier alpha value is -2.07. The maximum atomic E-state index is 11.7. The Balaban J connectivity index is 1.83. The van der Waals surface area contributed by atoms with Gasteiger partial charge in [0.1, 0.15) is 5.75 Å². The van der Waals surface area contributed by atoms with E-state index in [0.717, 1.165) is 23.4 Å². The lowest BCUT2D eigenvalue weighted by atomic mass is 10.2. The molecule has 2 N–H and O–H groups in total. The third kappa shape index (κ3) is 3.71. The van der Waals surface area contributed by atoms with Crippen LogP contribution < -0.4 is 16.0 Å². The van der Waals surface area contributed by atoms with Crippen molar-refractivity contribution >= 4 is 0 Å². The molecule has 0 aliphatic carbocycles. The Morgan fingerprint density at radius 2 is 1.90 bits per heavy atom. The number of hydrogen-bond donors (Lipinski definition) is 1. The van der Waals surface area contributed by atoms with Crippen molar-refractivity contribution in [2.75, 3.05) is 6.61 Å². The first-order valence-corrected chi connectivity index (χ1v) is 6.79.